The molecule has 0 saturated carbocycles. The summed E-state index contributed by atoms with van der Waals surface area (Å²) in [5.41, 5.74) is 0.636. The van der Waals surface area contributed by atoms with Gasteiger partial charge in [-0.05, 0) is 36.8 Å². The summed E-state index contributed by atoms with van der Waals surface area (Å²) < 4.78 is 35.3. The first-order chi connectivity index (χ1) is 20.6. The molecule has 1 unspecified atom stereocenters. The van der Waals surface area contributed by atoms with Gasteiger partial charge in [-0.15, -0.1) is 0 Å². The van der Waals surface area contributed by atoms with Crippen molar-refractivity contribution in [2.75, 3.05) is 38.8 Å². The molecule has 13 heteroatoms. The van der Waals surface area contributed by atoms with Crippen LogP contribution in [0.25, 0.3) is 0 Å². The van der Waals surface area contributed by atoms with Crippen molar-refractivity contribution in [2.24, 2.45) is 10.9 Å². The van der Waals surface area contributed by atoms with Gasteiger partial charge in [0.05, 0.1) is 24.4 Å². The standard InChI is InChI=1S/C30H32F2N6O5/c1-4-9-36-27-21(29(41)37(30(36)42)10-11-43-3)14-24(34-27)20-6-8-25(33-15-20)38(17-18-12-26(39)35(2)16-18)28(40)19-5-7-22(31)23(32)13-19/h5-8,13,15,18H,4,9-12,14,16-17H2,1-3H3. The Morgan fingerprint density at radius 1 is 1.09 bits per heavy atom. The summed E-state index contributed by atoms with van der Waals surface area (Å²) >= 11 is 0. The normalized spacial score (nSPS) is 16.0. The minimum absolute atomic E-state index is 0.0461. The van der Waals surface area contributed by atoms with Crippen LogP contribution in [0, 0.1) is 17.6 Å². The Hall–Kier alpha value is -4.52. The van der Waals surface area contributed by atoms with Crippen LogP contribution >= 0.6 is 0 Å². The van der Waals surface area contributed by atoms with Gasteiger partial charge in [0.15, 0.2) is 11.6 Å². The molecule has 2 aromatic heterocycles. The second-order valence-electron chi connectivity index (χ2n) is 10.7. The molecule has 43 heavy (non-hydrogen) atoms. The van der Waals surface area contributed by atoms with Crippen LogP contribution in [0.15, 0.2) is 51.1 Å². The van der Waals surface area contributed by atoms with E-state index < -0.39 is 28.8 Å². The number of hydrogen-bond donors (Lipinski definition) is 0. The number of pyridine rings is 1. The molecule has 0 spiro atoms. The van der Waals surface area contributed by atoms with Crippen LogP contribution < -0.4 is 16.1 Å². The third kappa shape index (κ3) is 5.89. The number of likely N-dealkylation sites (tertiary alicyclic amines) is 1. The summed E-state index contributed by atoms with van der Waals surface area (Å²) in [5, 5.41) is 0. The molecule has 3 aromatic rings. The molecule has 0 radical (unpaired) electrons. The molecule has 2 amide bonds. The molecule has 0 bridgehead atoms. The SMILES string of the molecule is CCCn1c2c(c(=O)n(CCOC)c1=O)CC(c1ccc(N(CC3CC(=O)N(C)C3)C(=O)c3ccc(F)c(F)c3)nc1)=N2. The second kappa shape index (κ2) is 12.4. The molecule has 226 valence electrons. The maximum absolute atomic E-state index is 14.0. The zero-order chi connectivity index (χ0) is 30.8. The Kier molecular flexibility index (Phi) is 8.62. The minimum atomic E-state index is -1.15. The molecular weight excluding hydrogens is 562 g/mol. The summed E-state index contributed by atoms with van der Waals surface area (Å²) in [6.07, 6.45) is 2.62. The molecule has 1 saturated heterocycles. The maximum atomic E-state index is 14.0. The van der Waals surface area contributed by atoms with Crippen LogP contribution in [0.2, 0.25) is 0 Å². The van der Waals surface area contributed by atoms with Crippen molar-refractivity contribution in [1.29, 1.82) is 0 Å². The summed E-state index contributed by atoms with van der Waals surface area (Å²) in [4.78, 5) is 64.1. The van der Waals surface area contributed by atoms with Crippen LogP contribution in [0.4, 0.5) is 20.4 Å². The first-order valence-corrected chi connectivity index (χ1v) is 14.0. The summed E-state index contributed by atoms with van der Waals surface area (Å²) in [5.74, 6) is -2.45. The molecule has 1 atom stereocenters. The lowest BCUT2D eigenvalue weighted by atomic mass is 10.1. The van der Waals surface area contributed by atoms with E-state index in [2.05, 4.69) is 9.98 Å². The fourth-order valence-electron chi connectivity index (χ4n) is 5.45. The van der Waals surface area contributed by atoms with E-state index >= 15 is 0 Å². The maximum Gasteiger partial charge on any atom is 0.332 e. The number of anilines is 1. The Labute approximate surface area is 246 Å². The zero-order valence-corrected chi connectivity index (χ0v) is 24.2. The monoisotopic (exact) mass is 594 g/mol. The molecule has 0 N–H and O–H groups in total. The number of carbonyl (C=O) groups is 2. The van der Waals surface area contributed by atoms with E-state index in [0.29, 0.717) is 42.2 Å². The van der Waals surface area contributed by atoms with Crippen LogP contribution in [0.5, 0.6) is 0 Å². The van der Waals surface area contributed by atoms with Crippen LogP contribution in [-0.4, -0.2) is 70.4 Å². The number of fused-ring (bicyclic) bond motifs is 1. The van der Waals surface area contributed by atoms with E-state index in [-0.39, 0.29) is 55.7 Å². The van der Waals surface area contributed by atoms with Gasteiger partial charge < -0.3 is 9.64 Å². The van der Waals surface area contributed by atoms with Crippen LogP contribution in [0.3, 0.4) is 0 Å². The summed E-state index contributed by atoms with van der Waals surface area (Å²) in [6.45, 7) is 3.23. The average Bonchev–Trinajstić information content (AvgIpc) is 3.58. The number of aliphatic imine (C=N–C) groups is 1. The smallest absolute Gasteiger partial charge is 0.332 e. The first-order valence-electron chi connectivity index (χ1n) is 14.0. The molecular formula is C30H32F2N6O5. The first kappa shape index (κ1) is 30.0. The lowest BCUT2D eigenvalue weighted by Crippen LogP contribution is -2.42. The highest BCUT2D eigenvalue weighted by atomic mass is 19.2. The number of aromatic nitrogens is 3. The molecule has 2 aliphatic heterocycles. The van der Waals surface area contributed by atoms with Gasteiger partial charge in [-0.1, -0.05) is 6.92 Å². The number of ether oxygens (including phenoxy) is 1. The second-order valence-corrected chi connectivity index (χ2v) is 10.7. The molecule has 1 fully saturated rings. The van der Waals surface area contributed by atoms with Crippen molar-refractivity contribution in [2.45, 2.75) is 39.3 Å². The average molecular weight is 595 g/mol. The number of benzene rings is 1. The van der Waals surface area contributed by atoms with Gasteiger partial charge in [0.25, 0.3) is 11.5 Å². The lowest BCUT2D eigenvalue weighted by molar-refractivity contribution is -0.126. The lowest BCUT2D eigenvalue weighted by Gasteiger charge is -2.25. The highest BCUT2D eigenvalue weighted by molar-refractivity contribution is 6.07. The molecule has 1 aromatic carbocycles. The number of carbonyl (C=O) groups excluding carboxylic acids is 2. The van der Waals surface area contributed by atoms with Crippen LogP contribution in [-0.2, 0) is 29.0 Å². The summed E-state index contributed by atoms with van der Waals surface area (Å²) in [6, 6.07) is 6.24. The molecule has 2 aliphatic rings. The Morgan fingerprint density at radius 2 is 1.88 bits per heavy atom. The Morgan fingerprint density at radius 3 is 2.51 bits per heavy atom. The molecule has 11 nitrogen and oxygen atoms in total. The minimum Gasteiger partial charge on any atom is -0.383 e. The van der Waals surface area contributed by atoms with Crippen LogP contribution in [0.1, 0.15) is 41.3 Å². The molecule has 5 rings (SSSR count). The van der Waals surface area contributed by atoms with Gasteiger partial charge in [-0.3, -0.25) is 28.4 Å². The largest absolute Gasteiger partial charge is 0.383 e. The predicted molar refractivity (Wildman–Crippen MR) is 155 cm³/mol. The van der Waals surface area contributed by atoms with Crippen molar-refractivity contribution in [1.82, 2.24) is 19.0 Å². The molecule has 4 heterocycles. The van der Waals surface area contributed by atoms with Gasteiger partial charge in [-0.25, -0.2) is 23.6 Å². The number of amides is 2. The zero-order valence-electron chi connectivity index (χ0n) is 24.2. The van der Waals surface area contributed by atoms with Crippen molar-refractivity contribution in [3.63, 3.8) is 0 Å². The van der Waals surface area contributed by atoms with E-state index in [1.807, 2.05) is 6.92 Å². The molecule has 0 aliphatic carbocycles. The van der Waals surface area contributed by atoms with Gasteiger partial charge in [-0.2, -0.15) is 0 Å². The number of halogens is 2. The van der Waals surface area contributed by atoms with E-state index in [0.717, 1.165) is 12.1 Å². The third-order valence-electron chi connectivity index (χ3n) is 7.67. The number of rotatable bonds is 10. The van der Waals surface area contributed by atoms with Gasteiger partial charge in [0.2, 0.25) is 5.91 Å². The van der Waals surface area contributed by atoms with Gasteiger partial charge in [0.1, 0.15) is 11.6 Å². The summed E-state index contributed by atoms with van der Waals surface area (Å²) in [7, 11) is 3.18. The Bertz CT molecular complexity index is 1720. The van der Waals surface area contributed by atoms with Gasteiger partial charge >= 0.3 is 5.69 Å². The number of methoxy groups -OCH3 is 1. The quantitative estimate of drug-likeness (QED) is 0.356. The predicted octanol–water partition coefficient (Wildman–Crippen LogP) is 2.54. The highest BCUT2D eigenvalue weighted by Gasteiger charge is 2.32. The van der Waals surface area contributed by atoms with Crippen molar-refractivity contribution < 1.29 is 23.1 Å². The third-order valence-corrected chi connectivity index (χ3v) is 7.67. The van der Waals surface area contributed by atoms with Gasteiger partial charge in [0, 0.05) is 69.9 Å². The number of hydrogen-bond acceptors (Lipinski definition) is 7. The fraction of sp³-hybridized carbons (Fsp3) is 0.400. The van der Waals surface area contributed by atoms with Crippen molar-refractivity contribution >= 4 is 29.2 Å². The Balaban J connectivity index is 1.47. The topological polar surface area (TPSA) is 119 Å². The van der Waals surface area contributed by atoms with Crippen molar-refractivity contribution in [3.05, 3.63) is 85.7 Å². The highest BCUT2D eigenvalue weighted by Crippen LogP contribution is 2.27. The van der Waals surface area contributed by atoms with E-state index in [1.165, 1.54) is 33.4 Å². The van der Waals surface area contributed by atoms with E-state index in [1.54, 1.807) is 24.1 Å². The number of nitrogens with zero attached hydrogens (tertiary/aromatic N) is 6. The van der Waals surface area contributed by atoms with E-state index in [9.17, 15) is 28.0 Å². The van der Waals surface area contributed by atoms with E-state index in [4.69, 9.17) is 4.74 Å². The van der Waals surface area contributed by atoms with Crippen molar-refractivity contribution in [3.8, 4) is 0 Å². The fourth-order valence-corrected chi connectivity index (χ4v) is 5.45.